The van der Waals surface area contributed by atoms with Gasteiger partial charge in [0.1, 0.15) is 5.75 Å². The second kappa shape index (κ2) is 7.65. The molecule has 0 bridgehead atoms. The highest BCUT2D eigenvalue weighted by Gasteiger charge is 2.18. The van der Waals surface area contributed by atoms with Crippen LogP contribution in [0.25, 0.3) is 10.9 Å². The Morgan fingerprint density at radius 2 is 2.07 bits per heavy atom. The number of carbonyl (C=O) groups excluding carboxylic acids is 1. The molecule has 2 N–H and O–H groups in total. The summed E-state index contributed by atoms with van der Waals surface area (Å²) in [5.74, 6) is -0.561. The van der Waals surface area contributed by atoms with Gasteiger partial charge in [-0.2, -0.15) is 0 Å². The summed E-state index contributed by atoms with van der Waals surface area (Å²) in [5.41, 5.74) is 0.933. The standard InChI is InChI=1S/C18H15ClN4O5/c1-9-7-11(19)3-6-15(9)28-10(2)17(24)22-21-16-13-8-12(23(26)27)4-5-14(13)20-18(16)25/h3-8,10,20,25H,1-2H3/t10-/m1/s1. The van der Waals surface area contributed by atoms with Crippen molar-refractivity contribution in [1.82, 2.24) is 4.98 Å². The Bertz CT molecular complexity index is 1110. The molecule has 2 aromatic carbocycles. The Balaban J connectivity index is 1.82. The van der Waals surface area contributed by atoms with Crippen molar-refractivity contribution in [2.45, 2.75) is 20.0 Å². The van der Waals surface area contributed by atoms with Crippen LogP contribution in [0.15, 0.2) is 46.6 Å². The molecule has 1 amide bonds. The molecule has 0 fully saturated rings. The number of halogens is 1. The average molecular weight is 403 g/mol. The van der Waals surface area contributed by atoms with Crippen LogP contribution in [-0.2, 0) is 4.79 Å². The van der Waals surface area contributed by atoms with Crippen molar-refractivity contribution < 1.29 is 19.6 Å². The summed E-state index contributed by atoms with van der Waals surface area (Å²) in [6, 6.07) is 8.94. The topological polar surface area (TPSA) is 130 Å². The number of nitro groups is 1. The summed E-state index contributed by atoms with van der Waals surface area (Å²) in [6.07, 6.45) is -0.940. The second-order valence-corrected chi connectivity index (χ2v) is 6.45. The predicted molar refractivity (Wildman–Crippen MR) is 102 cm³/mol. The number of aryl methyl sites for hydroxylation is 1. The molecule has 0 saturated carbocycles. The van der Waals surface area contributed by atoms with Crippen molar-refractivity contribution in [2.24, 2.45) is 10.2 Å². The first-order valence-electron chi connectivity index (χ1n) is 8.13. The molecule has 1 aromatic heterocycles. The van der Waals surface area contributed by atoms with Crippen LogP contribution < -0.4 is 4.74 Å². The molecule has 0 aliphatic rings. The van der Waals surface area contributed by atoms with Crippen LogP contribution in [0.1, 0.15) is 12.5 Å². The molecule has 9 nitrogen and oxygen atoms in total. The first kappa shape index (κ1) is 19.3. The summed E-state index contributed by atoms with van der Waals surface area (Å²) in [6.45, 7) is 3.30. The second-order valence-electron chi connectivity index (χ2n) is 6.02. The Kier molecular flexibility index (Phi) is 5.27. The number of azo groups is 1. The van der Waals surface area contributed by atoms with E-state index in [4.69, 9.17) is 16.3 Å². The van der Waals surface area contributed by atoms with E-state index in [0.29, 0.717) is 16.3 Å². The van der Waals surface area contributed by atoms with Gasteiger partial charge >= 0.3 is 5.91 Å². The Labute approximate surface area is 163 Å². The maximum absolute atomic E-state index is 12.2. The van der Waals surface area contributed by atoms with Gasteiger partial charge in [0.2, 0.25) is 5.88 Å². The number of aromatic amines is 1. The molecule has 10 heteroatoms. The zero-order valence-electron chi connectivity index (χ0n) is 14.8. The minimum atomic E-state index is -0.940. The van der Waals surface area contributed by atoms with E-state index in [2.05, 4.69) is 15.2 Å². The van der Waals surface area contributed by atoms with Crippen molar-refractivity contribution in [3.8, 4) is 11.6 Å². The number of aromatic hydroxyl groups is 1. The van der Waals surface area contributed by atoms with Crippen molar-refractivity contribution in [2.75, 3.05) is 0 Å². The van der Waals surface area contributed by atoms with Crippen molar-refractivity contribution in [3.63, 3.8) is 0 Å². The smallest absolute Gasteiger partial charge is 0.304 e. The van der Waals surface area contributed by atoms with Crippen LogP contribution in [0.5, 0.6) is 11.6 Å². The number of H-pyrrole nitrogens is 1. The number of non-ortho nitro benzene ring substituents is 1. The average Bonchev–Trinajstić information content (AvgIpc) is 2.96. The number of rotatable bonds is 5. The summed E-state index contributed by atoms with van der Waals surface area (Å²) < 4.78 is 5.58. The van der Waals surface area contributed by atoms with Gasteiger partial charge in [-0.3, -0.25) is 14.9 Å². The summed E-state index contributed by atoms with van der Waals surface area (Å²) >= 11 is 5.89. The number of hydrogen-bond donors (Lipinski definition) is 2. The van der Waals surface area contributed by atoms with Gasteiger partial charge in [0.05, 0.1) is 10.4 Å². The van der Waals surface area contributed by atoms with Crippen LogP contribution in [-0.4, -0.2) is 27.0 Å². The van der Waals surface area contributed by atoms with Crippen LogP contribution >= 0.6 is 11.6 Å². The van der Waals surface area contributed by atoms with E-state index in [1.54, 1.807) is 25.1 Å². The number of hydrogen-bond acceptors (Lipinski definition) is 6. The number of benzene rings is 2. The SMILES string of the molecule is Cc1cc(Cl)ccc1O[C@H](C)C(=O)N=Nc1c(O)[nH]c2ccc([N+](=O)[O-])cc12. The zero-order valence-corrected chi connectivity index (χ0v) is 15.6. The van der Waals surface area contributed by atoms with Gasteiger partial charge in [-0.15, -0.1) is 10.2 Å². The third kappa shape index (κ3) is 3.94. The van der Waals surface area contributed by atoms with Crippen LogP contribution in [0.2, 0.25) is 5.02 Å². The fourth-order valence-electron chi connectivity index (χ4n) is 2.53. The van der Waals surface area contributed by atoms with Crippen LogP contribution in [0.3, 0.4) is 0 Å². The Morgan fingerprint density at radius 3 is 2.75 bits per heavy atom. The number of nitro benzene ring substituents is 1. The lowest BCUT2D eigenvalue weighted by Crippen LogP contribution is -2.21. The lowest BCUT2D eigenvalue weighted by Gasteiger charge is -2.13. The predicted octanol–water partition coefficient (Wildman–Crippen LogP) is 4.82. The molecule has 3 rings (SSSR count). The quantitative estimate of drug-likeness (QED) is 0.359. The number of aromatic nitrogens is 1. The molecular formula is C18H15ClN4O5. The number of nitrogens with one attached hydrogen (secondary N) is 1. The highest BCUT2D eigenvalue weighted by molar-refractivity contribution is 6.30. The first-order valence-corrected chi connectivity index (χ1v) is 8.51. The fourth-order valence-corrected chi connectivity index (χ4v) is 2.76. The molecule has 0 aliphatic carbocycles. The van der Waals surface area contributed by atoms with Gasteiger partial charge in [0.15, 0.2) is 11.8 Å². The molecular weight excluding hydrogens is 388 g/mol. The molecule has 0 saturated heterocycles. The van der Waals surface area contributed by atoms with Crippen molar-refractivity contribution in [1.29, 1.82) is 0 Å². The fraction of sp³-hybridized carbons (Fsp3) is 0.167. The summed E-state index contributed by atoms with van der Waals surface area (Å²) in [7, 11) is 0. The van der Waals surface area contributed by atoms with Gasteiger partial charge in [-0.25, -0.2) is 0 Å². The molecule has 0 aliphatic heterocycles. The number of amides is 1. The van der Waals surface area contributed by atoms with E-state index in [1.165, 1.54) is 25.1 Å². The third-order valence-electron chi connectivity index (χ3n) is 3.98. The molecule has 0 radical (unpaired) electrons. The van der Waals surface area contributed by atoms with Gasteiger partial charge in [0, 0.05) is 22.5 Å². The van der Waals surface area contributed by atoms with E-state index in [0.717, 1.165) is 5.56 Å². The van der Waals surface area contributed by atoms with Gasteiger partial charge in [-0.1, -0.05) is 11.6 Å². The van der Waals surface area contributed by atoms with Gasteiger partial charge in [0.25, 0.3) is 5.69 Å². The lowest BCUT2D eigenvalue weighted by atomic mass is 10.2. The van der Waals surface area contributed by atoms with Crippen molar-refractivity contribution >= 4 is 39.8 Å². The van der Waals surface area contributed by atoms with Crippen LogP contribution in [0, 0.1) is 17.0 Å². The number of fused-ring (bicyclic) bond motifs is 1. The monoisotopic (exact) mass is 402 g/mol. The first-order chi connectivity index (χ1) is 13.3. The molecule has 28 heavy (non-hydrogen) atoms. The molecule has 0 unspecified atom stereocenters. The van der Waals surface area contributed by atoms with E-state index in [1.807, 2.05) is 0 Å². The zero-order chi connectivity index (χ0) is 20.4. The number of nitrogens with zero attached hydrogens (tertiary/aromatic N) is 3. The minimum Gasteiger partial charge on any atom is -0.493 e. The molecule has 0 spiro atoms. The largest absolute Gasteiger partial charge is 0.493 e. The normalized spacial score (nSPS) is 12.4. The Morgan fingerprint density at radius 1 is 1.32 bits per heavy atom. The summed E-state index contributed by atoms with van der Waals surface area (Å²) in [4.78, 5) is 25.2. The van der Waals surface area contributed by atoms with E-state index < -0.39 is 16.9 Å². The highest BCUT2D eigenvalue weighted by atomic mass is 35.5. The summed E-state index contributed by atoms with van der Waals surface area (Å²) in [5, 5.41) is 29.1. The van der Waals surface area contributed by atoms with E-state index >= 15 is 0 Å². The molecule has 144 valence electrons. The maximum Gasteiger partial charge on any atom is 0.304 e. The lowest BCUT2D eigenvalue weighted by molar-refractivity contribution is -0.384. The van der Waals surface area contributed by atoms with E-state index in [-0.39, 0.29) is 22.6 Å². The minimum absolute atomic E-state index is 0.0677. The van der Waals surface area contributed by atoms with Gasteiger partial charge in [-0.05, 0) is 43.7 Å². The highest BCUT2D eigenvalue weighted by Crippen LogP contribution is 2.37. The maximum atomic E-state index is 12.2. The number of carbonyl (C=O) groups is 1. The van der Waals surface area contributed by atoms with Gasteiger partial charge < -0.3 is 14.8 Å². The van der Waals surface area contributed by atoms with Crippen molar-refractivity contribution in [3.05, 3.63) is 57.1 Å². The molecule has 1 atom stereocenters. The number of ether oxygens (including phenoxy) is 1. The molecule has 1 heterocycles. The third-order valence-corrected chi connectivity index (χ3v) is 4.22. The van der Waals surface area contributed by atoms with E-state index in [9.17, 15) is 20.0 Å². The molecule has 3 aromatic rings. The Hall–Kier alpha value is -3.46. The van der Waals surface area contributed by atoms with Crippen LogP contribution in [0.4, 0.5) is 11.4 Å².